The summed E-state index contributed by atoms with van der Waals surface area (Å²) in [6, 6.07) is 21.0. The molecule has 0 aliphatic heterocycles. The van der Waals surface area contributed by atoms with Crippen molar-refractivity contribution in [1.82, 2.24) is 0 Å². The molecule has 0 fully saturated rings. The molecule has 26 heavy (non-hydrogen) atoms. The highest BCUT2D eigenvalue weighted by Gasteiger charge is 2.15. The molecule has 3 nitrogen and oxygen atoms in total. The monoisotopic (exact) mass is 346 g/mol. The van der Waals surface area contributed by atoms with Gasteiger partial charge < -0.3 is 14.9 Å². The average Bonchev–Trinajstić information content (AvgIpc) is 2.66. The highest BCUT2D eigenvalue weighted by atomic mass is 16.5. The zero-order chi connectivity index (χ0) is 18.4. The van der Waals surface area contributed by atoms with Crippen molar-refractivity contribution in [2.24, 2.45) is 0 Å². The Bertz CT molecular complexity index is 899. The van der Waals surface area contributed by atoms with Crippen LogP contribution in [0.2, 0.25) is 0 Å². The van der Waals surface area contributed by atoms with Crippen LogP contribution in [0.3, 0.4) is 0 Å². The van der Waals surface area contributed by atoms with Gasteiger partial charge in [-0.1, -0.05) is 60.7 Å². The zero-order valence-electron chi connectivity index (χ0n) is 14.7. The number of aliphatic hydroxyl groups is 1. The molecule has 3 rings (SSSR count). The van der Waals surface area contributed by atoms with Gasteiger partial charge in [0.2, 0.25) is 0 Å². The van der Waals surface area contributed by atoms with E-state index in [9.17, 15) is 10.2 Å². The molecule has 0 radical (unpaired) electrons. The molecule has 0 aliphatic carbocycles. The van der Waals surface area contributed by atoms with E-state index in [1.54, 1.807) is 12.1 Å². The molecular weight excluding hydrogens is 324 g/mol. The Kier molecular flexibility index (Phi) is 5.72. The molecular formula is C23H22O3. The number of hydrogen-bond acceptors (Lipinski definition) is 3. The number of hydrogen-bond donors (Lipinski definition) is 2. The first-order chi connectivity index (χ1) is 12.7. The van der Waals surface area contributed by atoms with Crippen LogP contribution in [-0.4, -0.2) is 16.8 Å². The van der Waals surface area contributed by atoms with Gasteiger partial charge in [0, 0.05) is 0 Å². The summed E-state index contributed by atoms with van der Waals surface area (Å²) in [5.74, 6) is 0.720. The number of aromatic hydroxyl groups is 1. The number of rotatable bonds is 6. The van der Waals surface area contributed by atoms with Crippen molar-refractivity contribution < 1.29 is 14.9 Å². The van der Waals surface area contributed by atoms with Gasteiger partial charge in [0.25, 0.3) is 0 Å². The summed E-state index contributed by atoms with van der Waals surface area (Å²) in [6.45, 7) is 2.23. The van der Waals surface area contributed by atoms with E-state index < -0.39 is 0 Å². The molecule has 0 unspecified atom stereocenters. The maximum absolute atomic E-state index is 10.4. The molecule has 0 heterocycles. The van der Waals surface area contributed by atoms with Crippen LogP contribution >= 0.6 is 0 Å². The third kappa shape index (κ3) is 3.95. The van der Waals surface area contributed by atoms with Crippen LogP contribution in [0.4, 0.5) is 0 Å². The lowest BCUT2D eigenvalue weighted by Crippen LogP contribution is -1.99. The van der Waals surface area contributed by atoms with E-state index in [2.05, 4.69) is 0 Å². The lowest BCUT2D eigenvalue weighted by Gasteiger charge is -2.16. The summed E-state index contributed by atoms with van der Waals surface area (Å²) < 4.78 is 5.91. The number of phenolic OH excluding ortho intramolecular Hbond substituents is 1. The Balaban J connectivity index is 1.87. The fraction of sp³-hybridized carbons (Fsp3) is 0.130. The van der Waals surface area contributed by atoms with Crippen molar-refractivity contribution in [2.75, 3.05) is 6.61 Å². The Labute approximate surface area is 153 Å². The van der Waals surface area contributed by atoms with Crippen molar-refractivity contribution in [3.63, 3.8) is 0 Å². The Morgan fingerprint density at radius 3 is 2.46 bits per heavy atom. The predicted molar refractivity (Wildman–Crippen MR) is 105 cm³/mol. The minimum absolute atomic E-state index is 0.0936. The largest absolute Gasteiger partial charge is 0.507 e. The number of ether oxygens (including phenoxy) is 1. The van der Waals surface area contributed by atoms with Crippen LogP contribution in [0.25, 0.3) is 17.2 Å². The number of phenols is 1. The van der Waals surface area contributed by atoms with Crippen molar-refractivity contribution >= 4 is 6.08 Å². The van der Waals surface area contributed by atoms with Gasteiger partial charge in [0.15, 0.2) is 0 Å². The van der Waals surface area contributed by atoms with Crippen molar-refractivity contribution in [3.8, 4) is 22.6 Å². The first-order valence-electron chi connectivity index (χ1n) is 8.57. The number of aryl methyl sites for hydroxylation is 1. The molecule has 0 aromatic heterocycles. The van der Waals surface area contributed by atoms with E-state index in [0.717, 1.165) is 22.3 Å². The third-order valence-corrected chi connectivity index (χ3v) is 4.29. The number of benzene rings is 3. The van der Waals surface area contributed by atoms with Gasteiger partial charge in [-0.15, -0.1) is 0 Å². The lowest BCUT2D eigenvalue weighted by atomic mass is 9.95. The van der Waals surface area contributed by atoms with E-state index in [1.165, 1.54) is 0 Å². The summed E-state index contributed by atoms with van der Waals surface area (Å²) in [5.41, 5.74) is 4.26. The molecule has 0 saturated carbocycles. The van der Waals surface area contributed by atoms with Gasteiger partial charge in [-0.05, 0) is 47.4 Å². The average molecular weight is 346 g/mol. The van der Waals surface area contributed by atoms with Crippen LogP contribution < -0.4 is 4.74 Å². The fourth-order valence-corrected chi connectivity index (χ4v) is 2.94. The van der Waals surface area contributed by atoms with Gasteiger partial charge >= 0.3 is 0 Å². The van der Waals surface area contributed by atoms with Gasteiger partial charge in [-0.25, -0.2) is 0 Å². The smallest absolute Gasteiger partial charge is 0.131 e. The maximum atomic E-state index is 10.4. The summed E-state index contributed by atoms with van der Waals surface area (Å²) in [7, 11) is 0. The standard InChI is InChI=1S/C23H22O3/c1-17-8-5-12-19(20(17)16-24)23-21(25)13-6-14-22(23)26-15-7-11-18-9-3-2-4-10-18/h2-14,24-25H,15-16H2,1H3. The lowest BCUT2D eigenvalue weighted by molar-refractivity contribution is 0.281. The molecule has 0 spiro atoms. The van der Waals surface area contributed by atoms with Crippen molar-refractivity contribution in [2.45, 2.75) is 13.5 Å². The van der Waals surface area contributed by atoms with Crippen LogP contribution in [0.15, 0.2) is 72.8 Å². The minimum atomic E-state index is -0.0936. The highest BCUT2D eigenvalue weighted by Crippen LogP contribution is 2.40. The van der Waals surface area contributed by atoms with Gasteiger partial charge in [-0.3, -0.25) is 0 Å². The molecule has 3 heteroatoms. The summed E-state index contributed by atoms with van der Waals surface area (Å²) in [6.07, 6.45) is 3.93. The number of aliphatic hydroxyl groups excluding tert-OH is 1. The van der Waals surface area contributed by atoms with E-state index in [-0.39, 0.29) is 12.4 Å². The summed E-state index contributed by atoms with van der Waals surface area (Å²) in [5, 5.41) is 20.2. The molecule has 0 atom stereocenters. The minimum Gasteiger partial charge on any atom is -0.507 e. The summed E-state index contributed by atoms with van der Waals surface area (Å²) in [4.78, 5) is 0. The molecule has 0 aliphatic rings. The van der Waals surface area contributed by atoms with Crippen molar-refractivity contribution in [3.05, 3.63) is 89.5 Å². The molecule has 0 amide bonds. The van der Waals surface area contributed by atoms with Crippen molar-refractivity contribution in [1.29, 1.82) is 0 Å². The second-order valence-electron chi connectivity index (χ2n) is 6.03. The Morgan fingerprint density at radius 2 is 1.69 bits per heavy atom. The third-order valence-electron chi connectivity index (χ3n) is 4.29. The van der Waals surface area contributed by atoms with E-state index in [0.29, 0.717) is 17.9 Å². The SMILES string of the molecule is Cc1cccc(-c2c(O)cccc2OCC=Cc2ccccc2)c1CO. The molecule has 3 aromatic carbocycles. The second-order valence-corrected chi connectivity index (χ2v) is 6.03. The van der Waals surface area contributed by atoms with Gasteiger partial charge in [-0.2, -0.15) is 0 Å². The second kappa shape index (κ2) is 8.37. The van der Waals surface area contributed by atoms with Crippen LogP contribution in [0, 0.1) is 6.92 Å². The summed E-state index contributed by atoms with van der Waals surface area (Å²) >= 11 is 0. The zero-order valence-corrected chi connectivity index (χ0v) is 14.7. The maximum Gasteiger partial charge on any atom is 0.131 e. The first-order valence-corrected chi connectivity index (χ1v) is 8.57. The molecule has 0 bridgehead atoms. The van der Waals surface area contributed by atoms with E-state index >= 15 is 0 Å². The van der Waals surface area contributed by atoms with E-state index in [4.69, 9.17) is 4.74 Å². The normalized spacial score (nSPS) is 11.0. The molecule has 0 saturated heterocycles. The molecule has 132 valence electrons. The fourth-order valence-electron chi connectivity index (χ4n) is 2.94. The van der Waals surface area contributed by atoms with E-state index in [1.807, 2.05) is 73.7 Å². The molecule has 3 aromatic rings. The van der Waals surface area contributed by atoms with Gasteiger partial charge in [0.1, 0.15) is 18.1 Å². The first kappa shape index (κ1) is 17.8. The van der Waals surface area contributed by atoms with Crippen LogP contribution in [-0.2, 0) is 6.61 Å². The predicted octanol–water partition coefficient (Wildman–Crippen LogP) is 4.95. The Morgan fingerprint density at radius 1 is 0.923 bits per heavy atom. The molecule has 2 N–H and O–H groups in total. The Hall–Kier alpha value is -3.04. The van der Waals surface area contributed by atoms with Crippen LogP contribution in [0.1, 0.15) is 16.7 Å². The topological polar surface area (TPSA) is 49.7 Å². The highest BCUT2D eigenvalue weighted by molar-refractivity contribution is 5.79. The van der Waals surface area contributed by atoms with Gasteiger partial charge in [0.05, 0.1) is 12.2 Å². The van der Waals surface area contributed by atoms with Crippen LogP contribution in [0.5, 0.6) is 11.5 Å². The quantitative estimate of drug-likeness (QED) is 0.664.